The maximum absolute atomic E-state index is 13.8. The summed E-state index contributed by atoms with van der Waals surface area (Å²) in [6.07, 6.45) is 0. The molecule has 4 rings (SSSR count). The van der Waals surface area contributed by atoms with Crippen molar-refractivity contribution in [2.75, 3.05) is 0 Å². The molecule has 14 heteroatoms. The van der Waals surface area contributed by atoms with Gasteiger partial charge >= 0.3 is 6.98 Å². The third-order valence-electron chi connectivity index (χ3n) is 5.48. The second-order valence-corrected chi connectivity index (χ2v) is 13.1. The largest absolute Gasteiger partial charge is 0.515 e. The topological polar surface area (TPSA) is 17.1 Å². The smallest absolute Gasteiger partial charge is 0.445 e. The molecule has 0 N–H and O–H groups in total. The van der Waals surface area contributed by atoms with Gasteiger partial charge in [0.15, 0.2) is 43.3 Å². The van der Waals surface area contributed by atoms with Crippen molar-refractivity contribution in [2.45, 2.75) is 14.4 Å². The summed E-state index contributed by atoms with van der Waals surface area (Å²) in [6, 6.07) is 26.0. The Morgan fingerprint density at radius 3 is 1.57 bits per heavy atom. The highest BCUT2D eigenvalue weighted by molar-refractivity contribution is 8.06. The van der Waals surface area contributed by atoms with Crippen LogP contribution in [0, 0.1) is 40.3 Å². The monoisotopic (exact) mass is 668 g/mol. The normalized spacial score (nSPS) is 12.8. The predicted molar refractivity (Wildman–Crippen MR) is 150 cm³/mol. The van der Waals surface area contributed by atoms with Crippen LogP contribution in [0.1, 0.15) is 16.7 Å². The summed E-state index contributed by atoms with van der Waals surface area (Å²) in [7, 11) is -2.63. The molecule has 0 aromatic heterocycles. The van der Waals surface area contributed by atoms with Crippen molar-refractivity contribution >= 4 is 57.2 Å². The molecule has 1 unspecified atom stereocenters. The summed E-state index contributed by atoms with van der Waals surface area (Å²) in [4.78, 5) is 0.707. The van der Waals surface area contributed by atoms with E-state index < -0.39 is 55.3 Å². The Bertz CT molecular complexity index is 1620. The van der Waals surface area contributed by atoms with Crippen molar-refractivity contribution in [2.24, 2.45) is 0 Å². The highest BCUT2D eigenvalue weighted by atomic mass is 35.6. The zero-order valence-corrected chi connectivity index (χ0v) is 23.9. The lowest BCUT2D eigenvalue weighted by Gasteiger charge is -2.17. The minimum Gasteiger partial charge on any atom is -0.445 e. The Kier molecular flexibility index (Phi) is 10.8. The highest BCUT2D eigenvalue weighted by Crippen LogP contribution is 2.38. The summed E-state index contributed by atoms with van der Waals surface area (Å²) in [5.41, 5.74) is -0.471. The van der Waals surface area contributed by atoms with Crippen molar-refractivity contribution in [3.8, 4) is 11.2 Å². The molecule has 0 aliphatic rings. The third kappa shape index (κ3) is 8.29. The van der Waals surface area contributed by atoms with Gasteiger partial charge in [-0.1, -0.05) is 99.7 Å². The summed E-state index contributed by atoms with van der Waals surface area (Å²) < 4.78 is 110. The zero-order valence-electron chi connectivity index (χ0n) is 20.8. The van der Waals surface area contributed by atoms with E-state index in [1.54, 1.807) is 12.1 Å². The molecule has 1 nitrogen and oxygen atoms in total. The van der Waals surface area contributed by atoms with Gasteiger partial charge < -0.3 is 12.9 Å². The van der Waals surface area contributed by atoms with Crippen LogP contribution in [0.25, 0.3) is 0 Å². The predicted octanol–water partition coefficient (Wildman–Crippen LogP) is 9.02. The number of rotatable bonds is 4. The van der Waals surface area contributed by atoms with Crippen molar-refractivity contribution in [1.29, 1.82) is 0 Å². The lowest BCUT2D eigenvalue weighted by atomic mass is 9.79. The van der Waals surface area contributed by atoms with Crippen LogP contribution in [0.5, 0.6) is 0 Å². The van der Waals surface area contributed by atoms with Crippen LogP contribution in [0.2, 0.25) is 0 Å². The number of benzene rings is 4. The molecular formula is C28H16BCl3F8OS. The minimum absolute atomic E-state index is 0.289. The first-order valence-corrected chi connectivity index (χ1v) is 14.4. The molecule has 0 amide bonds. The van der Waals surface area contributed by atoms with Crippen molar-refractivity contribution in [1.82, 2.24) is 0 Å². The molecule has 0 bridgehead atoms. The Balaban J connectivity index is 0.000000274. The molecule has 0 aliphatic heterocycles. The molecule has 4 aromatic rings. The Labute approximate surface area is 251 Å². The summed E-state index contributed by atoms with van der Waals surface area (Å²) in [6.45, 7) is -6.30. The van der Waals surface area contributed by atoms with E-state index in [-0.39, 0.29) is 5.75 Å². The molecule has 4 aromatic carbocycles. The van der Waals surface area contributed by atoms with Gasteiger partial charge in [0.1, 0.15) is 11.6 Å². The first kappa shape index (κ1) is 33.5. The maximum Gasteiger partial charge on any atom is 0.515 e. The van der Waals surface area contributed by atoms with Crippen LogP contribution < -0.4 is 5.46 Å². The Hall–Kier alpha value is -3.04. The first-order chi connectivity index (χ1) is 19.5. The average molecular weight is 670 g/mol. The summed E-state index contributed by atoms with van der Waals surface area (Å²) >= 11 is 17.7. The van der Waals surface area contributed by atoms with Gasteiger partial charge in [0.05, 0.1) is 0 Å². The van der Waals surface area contributed by atoms with E-state index in [1.807, 2.05) is 72.8 Å². The van der Waals surface area contributed by atoms with Gasteiger partial charge in [-0.3, -0.25) is 0 Å². The molecule has 0 saturated carbocycles. The lowest BCUT2D eigenvalue weighted by Crippen LogP contribution is -2.41. The Morgan fingerprint density at radius 2 is 1.12 bits per heavy atom. The second kappa shape index (κ2) is 13.5. The summed E-state index contributed by atoms with van der Waals surface area (Å²) in [5, 5.41) is 3.02. The van der Waals surface area contributed by atoms with Gasteiger partial charge in [-0.15, -0.1) is 0 Å². The Morgan fingerprint density at radius 1 is 0.667 bits per heavy atom. The van der Waals surface area contributed by atoms with E-state index >= 15 is 0 Å². The number of halogens is 11. The molecule has 220 valence electrons. The third-order valence-corrected chi connectivity index (χ3v) is 8.34. The van der Waals surface area contributed by atoms with Crippen LogP contribution in [0.4, 0.5) is 34.9 Å². The molecule has 0 aliphatic carbocycles. The van der Waals surface area contributed by atoms with E-state index in [2.05, 4.69) is 11.2 Å². The van der Waals surface area contributed by atoms with Crippen molar-refractivity contribution in [3.63, 3.8) is 0 Å². The fourth-order valence-electron chi connectivity index (χ4n) is 3.42. The van der Waals surface area contributed by atoms with Crippen LogP contribution in [0.3, 0.4) is 0 Å². The van der Waals surface area contributed by atoms with Crippen molar-refractivity contribution in [3.05, 3.63) is 131 Å². The average Bonchev–Trinajstić information content (AvgIpc) is 2.94. The molecule has 0 spiro atoms. The standard InChI is InChI=1S/C22H16Cl3OS.C6BF8/c23-22(24,25)20-13-11-19(12-14-20)17-27(26,21-9-5-2-6-10-21)16-15-18-7-3-1-4-8-18;8-2-1(7(13,14)15)3(9)5(11)6(12)4(2)10/h1-14H,17H2;/q+1;-1. The van der Waals surface area contributed by atoms with Gasteiger partial charge in [0.2, 0.25) is 3.79 Å². The van der Waals surface area contributed by atoms with Crippen LogP contribution in [0.15, 0.2) is 89.8 Å². The number of alkyl halides is 3. The second-order valence-electron chi connectivity index (χ2n) is 8.48. The molecule has 0 fully saturated rings. The van der Waals surface area contributed by atoms with Gasteiger partial charge in [0.25, 0.3) is 0 Å². The highest BCUT2D eigenvalue weighted by Gasteiger charge is 2.38. The summed E-state index contributed by atoms with van der Waals surface area (Å²) in [5.74, 6) is -10.2. The minimum atomic E-state index is -6.30. The molecule has 0 radical (unpaired) electrons. The van der Waals surface area contributed by atoms with Gasteiger partial charge in [-0.2, -0.15) is 0 Å². The van der Waals surface area contributed by atoms with Crippen LogP contribution in [-0.2, 0) is 23.7 Å². The quantitative estimate of drug-likeness (QED) is 0.0403. The van der Waals surface area contributed by atoms with Crippen LogP contribution >= 0.6 is 34.8 Å². The zero-order chi connectivity index (χ0) is 31.3. The molecule has 0 saturated heterocycles. The molecular weight excluding hydrogens is 654 g/mol. The number of hydrogen-bond donors (Lipinski definition) is 0. The molecule has 0 heterocycles. The fraction of sp³-hybridized carbons (Fsp3) is 0.0714. The number of hydrogen-bond acceptors (Lipinski definition) is 1. The lowest BCUT2D eigenvalue weighted by molar-refractivity contribution is 0.377. The van der Waals surface area contributed by atoms with E-state index in [0.29, 0.717) is 10.5 Å². The van der Waals surface area contributed by atoms with Gasteiger partial charge in [-0.05, 0) is 35.6 Å². The van der Waals surface area contributed by atoms with Crippen molar-refractivity contribution < 1.29 is 39.1 Å². The first-order valence-electron chi connectivity index (χ1n) is 11.6. The maximum atomic E-state index is 13.8. The van der Waals surface area contributed by atoms with E-state index in [0.717, 1.165) is 11.1 Å². The fourth-order valence-corrected chi connectivity index (χ4v) is 5.69. The van der Waals surface area contributed by atoms with Gasteiger partial charge in [0, 0.05) is 16.7 Å². The van der Waals surface area contributed by atoms with Gasteiger partial charge in [-0.25, -0.2) is 22.0 Å². The molecule has 1 atom stereocenters. The SMILES string of the molecule is Fc1c(F)c(F)c([B-](F)(F)F)c(F)c1F.O=[S+](C#Cc1ccccc1)(Cc1ccc(C(Cl)(Cl)Cl)cc1)c1ccccc1. The molecule has 42 heavy (non-hydrogen) atoms. The van der Waals surface area contributed by atoms with Crippen LogP contribution in [-0.4, -0.2) is 6.98 Å². The van der Waals surface area contributed by atoms with E-state index in [1.165, 1.54) is 0 Å². The van der Waals surface area contributed by atoms with E-state index in [4.69, 9.17) is 34.8 Å². The van der Waals surface area contributed by atoms with E-state index in [9.17, 15) is 39.1 Å².